The molecule has 30 heavy (non-hydrogen) atoms. The van der Waals surface area contributed by atoms with Gasteiger partial charge in [-0.05, 0) is 22.9 Å². The standard InChI is InChI=1S/C20H18O6S4/c21-29(22,23,19-13-5-9-15-7-1-3-11-17(15)19)27-28-30(24,25,26)20-14-6-10-16-8-2-4-12-18(16)20/h1-14H,(H2,21,22,23)(H2,24,25,26). The maximum absolute atomic E-state index is 13.2. The van der Waals surface area contributed by atoms with Crippen molar-refractivity contribution in [3.63, 3.8) is 0 Å². The highest BCUT2D eigenvalue weighted by atomic mass is 33.7. The summed E-state index contributed by atoms with van der Waals surface area (Å²) in [5, 5.41) is 1.86. The van der Waals surface area contributed by atoms with Crippen molar-refractivity contribution in [1.82, 2.24) is 0 Å². The Morgan fingerprint density at radius 3 is 1.23 bits per heavy atom. The lowest BCUT2D eigenvalue weighted by Gasteiger charge is -2.35. The normalized spacial score (nSPS) is 15.3. The molecule has 0 radical (unpaired) electrons. The Kier molecular flexibility index (Phi) is 4.92. The summed E-state index contributed by atoms with van der Waals surface area (Å²) in [4.78, 5) is -0.604. The highest BCUT2D eigenvalue weighted by Crippen LogP contribution is 2.58. The van der Waals surface area contributed by atoms with Gasteiger partial charge in [0.1, 0.15) is 0 Å². The molecule has 0 aliphatic carbocycles. The van der Waals surface area contributed by atoms with Crippen molar-refractivity contribution in [3.05, 3.63) is 84.9 Å². The minimum absolute atomic E-state index is 0.126. The molecular weight excluding hydrogens is 464 g/mol. The van der Waals surface area contributed by atoms with Gasteiger partial charge in [0.2, 0.25) is 0 Å². The van der Waals surface area contributed by atoms with Crippen molar-refractivity contribution in [2.24, 2.45) is 0 Å². The second kappa shape index (κ2) is 6.87. The SMILES string of the molecule is O=S(O)(O)(SSS(=O)(O)(O)c1cccc2ccccc12)c1cccc2ccccc12. The van der Waals surface area contributed by atoms with Gasteiger partial charge >= 0.3 is 0 Å². The first-order chi connectivity index (χ1) is 13.9. The first-order valence-electron chi connectivity index (χ1n) is 8.61. The highest BCUT2D eigenvalue weighted by Gasteiger charge is 2.44. The van der Waals surface area contributed by atoms with Crippen molar-refractivity contribution in [2.45, 2.75) is 9.79 Å². The quantitative estimate of drug-likeness (QED) is 0.250. The molecule has 4 rings (SSSR count). The molecule has 6 nitrogen and oxygen atoms in total. The Morgan fingerprint density at radius 1 is 0.500 bits per heavy atom. The molecule has 0 bridgehead atoms. The van der Waals surface area contributed by atoms with Gasteiger partial charge in [0.05, 0.1) is 29.4 Å². The molecule has 0 amide bonds. The summed E-state index contributed by atoms with van der Waals surface area (Å²) in [7, 11) is -11.6. The summed E-state index contributed by atoms with van der Waals surface area (Å²) in [5.41, 5.74) is 0. The minimum atomic E-state index is -5.66. The second-order valence-corrected chi connectivity index (χ2v) is 17.9. The average molecular weight is 483 g/mol. The molecule has 158 valence electrons. The Morgan fingerprint density at radius 2 is 0.833 bits per heavy atom. The topological polar surface area (TPSA) is 115 Å². The third-order valence-electron chi connectivity index (χ3n) is 4.52. The zero-order valence-corrected chi connectivity index (χ0v) is 18.6. The third kappa shape index (κ3) is 3.93. The van der Waals surface area contributed by atoms with Crippen LogP contribution < -0.4 is 0 Å². The van der Waals surface area contributed by atoms with Crippen LogP contribution in [0.4, 0.5) is 0 Å². The first-order valence-corrected chi connectivity index (χ1v) is 15.6. The van der Waals surface area contributed by atoms with E-state index in [0.717, 1.165) is 0 Å². The summed E-state index contributed by atoms with van der Waals surface area (Å²) in [5.74, 6) is 0. The van der Waals surface area contributed by atoms with Crippen LogP contribution in [0.3, 0.4) is 0 Å². The number of benzene rings is 4. The Bertz CT molecular complexity index is 1300. The van der Waals surface area contributed by atoms with E-state index in [4.69, 9.17) is 0 Å². The van der Waals surface area contributed by atoms with E-state index in [2.05, 4.69) is 0 Å². The maximum Gasteiger partial charge on any atom is 0.167 e. The smallest absolute Gasteiger partial charge is 0.167 e. The Balaban J connectivity index is 1.78. The molecule has 4 aromatic rings. The Labute approximate surface area is 179 Å². The van der Waals surface area contributed by atoms with Gasteiger partial charge in [0.15, 0.2) is 17.3 Å². The zero-order valence-electron chi connectivity index (χ0n) is 15.3. The number of hydrogen-bond donors (Lipinski definition) is 4. The lowest BCUT2D eigenvalue weighted by molar-refractivity contribution is 0.413. The molecule has 0 atom stereocenters. The van der Waals surface area contributed by atoms with Crippen LogP contribution in [0, 0.1) is 0 Å². The van der Waals surface area contributed by atoms with Gasteiger partial charge in [-0.2, -0.15) is 0 Å². The molecule has 0 saturated carbocycles. The number of fused-ring (bicyclic) bond motifs is 2. The van der Waals surface area contributed by atoms with Gasteiger partial charge in [0.25, 0.3) is 0 Å². The van der Waals surface area contributed by atoms with E-state index in [1.54, 1.807) is 60.7 Å². The van der Waals surface area contributed by atoms with Crippen molar-refractivity contribution >= 4 is 58.5 Å². The maximum atomic E-state index is 13.2. The number of rotatable bonds is 5. The predicted octanol–water partition coefficient (Wildman–Crippen LogP) is 6.15. The molecule has 10 heteroatoms. The van der Waals surface area contributed by atoms with Crippen LogP contribution in [-0.4, -0.2) is 26.6 Å². The van der Waals surface area contributed by atoms with E-state index in [0.29, 0.717) is 21.5 Å². The monoisotopic (exact) mass is 482 g/mol. The number of hydrogen-bond acceptors (Lipinski definition) is 4. The molecule has 0 saturated heterocycles. The lowest BCUT2D eigenvalue weighted by Crippen LogP contribution is -2.30. The summed E-state index contributed by atoms with van der Waals surface area (Å²) in [6.45, 7) is 0. The van der Waals surface area contributed by atoms with Crippen molar-refractivity contribution in [2.75, 3.05) is 0 Å². The van der Waals surface area contributed by atoms with Crippen molar-refractivity contribution in [3.8, 4) is 0 Å². The summed E-state index contributed by atoms with van der Waals surface area (Å²) in [6.07, 6.45) is 0. The molecule has 4 aromatic carbocycles. The van der Waals surface area contributed by atoms with E-state index in [9.17, 15) is 26.6 Å². The average Bonchev–Trinajstić information content (AvgIpc) is 2.71. The van der Waals surface area contributed by atoms with E-state index >= 15 is 0 Å². The molecule has 0 spiro atoms. The van der Waals surface area contributed by atoms with Crippen LogP contribution in [0.25, 0.3) is 21.5 Å². The lowest BCUT2D eigenvalue weighted by atomic mass is 10.1. The van der Waals surface area contributed by atoms with Gasteiger partial charge in [-0.25, -0.2) is 8.42 Å². The fourth-order valence-electron chi connectivity index (χ4n) is 3.17. The van der Waals surface area contributed by atoms with Gasteiger partial charge in [0, 0.05) is 10.8 Å². The highest BCUT2D eigenvalue weighted by molar-refractivity contribution is 9.28. The Hall–Kier alpha value is -1.76. The van der Waals surface area contributed by atoms with Gasteiger partial charge in [-0.1, -0.05) is 72.8 Å². The minimum Gasteiger partial charge on any atom is -0.296 e. The van der Waals surface area contributed by atoms with Crippen LogP contribution in [0.5, 0.6) is 0 Å². The van der Waals surface area contributed by atoms with E-state index in [1.165, 1.54) is 24.3 Å². The summed E-state index contributed by atoms with van der Waals surface area (Å²) >= 11 is 0. The molecule has 0 aromatic heterocycles. The molecular formula is C20H18O6S4. The molecule has 0 aliphatic rings. The molecule has 0 heterocycles. The molecule has 0 unspecified atom stereocenters. The third-order valence-corrected chi connectivity index (χ3v) is 16.4. The zero-order chi connectivity index (χ0) is 21.7. The predicted molar refractivity (Wildman–Crippen MR) is 126 cm³/mol. The van der Waals surface area contributed by atoms with Gasteiger partial charge < -0.3 is 0 Å². The summed E-state index contributed by atoms with van der Waals surface area (Å²) in [6, 6.07) is 22.3. The van der Waals surface area contributed by atoms with Crippen LogP contribution >= 0.6 is 19.7 Å². The fraction of sp³-hybridized carbons (Fsp3) is 0. The van der Waals surface area contributed by atoms with Crippen molar-refractivity contribution < 1.29 is 26.6 Å². The van der Waals surface area contributed by atoms with Crippen LogP contribution in [-0.2, 0) is 17.3 Å². The van der Waals surface area contributed by atoms with E-state index in [-0.39, 0.29) is 29.4 Å². The molecule has 0 fully saturated rings. The summed E-state index contributed by atoms with van der Waals surface area (Å²) < 4.78 is 69.2. The van der Waals surface area contributed by atoms with E-state index < -0.39 is 17.3 Å². The first kappa shape index (κ1) is 21.5. The second-order valence-electron chi connectivity index (χ2n) is 6.68. The van der Waals surface area contributed by atoms with Crippen LogP contribution in [0.15, 0.2) is 94.7 Å². The van der Waals surface area contributed by atoms with Crippen LogP contribution in [0.1, 0.15) is 0 Å². The molecule has 4 N–H and O–H groups in total. The van der Waals surface area contributed by atoms with Crippen molar-refractivity contribution in [1.29, 1.82) is 0 Å². The fourth-order valence-corrected chi connectivity index (χ4v) is 15.7. The largest absolute Gasteiger partial charge is 0.296 e. The van der Waals surface area contributed by atoms with Gasteiger partial charge in [-0.15, -0.1) is 0 Å². The molecule has 0 aliphatic heterocycles. The van der Waals surface area contributed by atoms with Crippen LogP contribution in [0.2, 0.25) is 0 Å². The van der Waals surface area contributed by atoms with E-state index in [1.807, 2.05) is 0 Å². The van der Waals surface area contributed by atoms with Gasteiger partial charge in [-0.3, -0.25) is 18.2 Å².